The van der Waals surface area contributed by atoms with Gasteiger partial charge in [0.2, 0.25) is 0 Å². The lowest BCUT2D eigenvalue weighted by molar-refractivity contribution is -0.900. The molecule has 2 aliphatic rings. The first kappa shape index (κ1) is 16.6. The third-order valence-corrected chi connectivity index (χ3v) is 4.09. The van der Waals surface area contributed by atoms with Crippen LogP contribution >= 0.6 is 0 Å². The van der Waals surface area contributed by atoms with Crippen LogP contribution in [0.3, 0.4) is 0 Å². The van der Waals surface area contributed by atoms with Gasteiger partial charge >= 0.3 is 0 Å². The molecule has 0 aliphatic carbocycles. The molecule has 0 atom stereocenters. The third-order valence-electron chi connectivity index (χ3n) is 4.09. The lowest BCUT2D eigenvalue weighted by Gasteiger charge is -2.23. The Morgan fingerprint density at radius 2 is 1.88 bits per heavy atom. The maximum Gasteiger partial charge on any atom is 0.293 e. The predicted octanol–water partition coefficient (Wildman–Crippen LogP) is -0.645. The van der Waals surface area contributed by atoms with Crippen LogP contribution in [-0.2, 0) is 9.53 Å². The number of carbonyl (C=O) groups excluding carboxylic acids is 1. The summed E-state index contributed by atoms with van der Waals surface area (Å²) in [4.78, 5) is 13.3. The summed E-state index contributed by atoms with van der Waals surface area (Å²) in [5.41, 5.74) is 7.52. The Labute approximate surface area is 141 Å². The fourth-order valence-corrected chi connectivity index (χ4v) is 2.77. The molecule has 0 aromatic heterocycles. The molecule has 2 aliphatic heterocycles. The molecule has 1 amide bonds. The normalized spacial score (nSPS) is 18.1. The summed E-state index contributed by atoms with van der Waals surface area (Å²) in [6.45, 7) is 6.64. The van der Waals surface area contributed by atoms with Crippen molar-refractivity contribution >= 4 is 11.6 Å². The lowest BCUT2D eigenvalue weighted by atomic mass is 10.1. The molecule has 7 heteroatoms. The molecule has 1 aromatic rings. The van der Waals surface area contributed by atoms with Crippen LogP contribution in [0.4, 0.5) is 0 Å². The van der Waals surface area contributed by atoms with Crippen molar-refractivity contribution in [3.8, 4) is 11.5 Å². The van der Waals surface area contributed by atoms with E-state index in [1.54, 1.807) is 0 Å². The predicted molar refractivity (Wildman–Crippen MR) is 88.7 cm³/mol. The summed E-state index contributed by atoms with van der Waals surface area (Å²) in [7, 11) is 0. The number of allylic oxidation sites excluding steroid dienone is 1. The van der Waals surface area contributed by atoms with E-state index in [4.69, 9.17) is 14.2 Å². The molecule has 0 spiro atoms. The van der Waals surface area contributed by atoms with Crippen LogP contribution in [0.1, 0.15) is 12.5 Å². The van der Waals surface area contributed by atoms with Gasteiger partial charge in [-0.15, -0.1) is 0 Å². The molecular formula is C17H24N3O4+. The van der Waals surface area contributed by atoms with Crippen molar-refractivity contribution in [3.05, 3.63) is 29.8 Å². The first-order valence-corrected chi connectivity index (χ1v) is 8.29. The van der Waals surface area contributed by atoms with Crippen molar-refractivity contribution in [2.45, 2.75) is 6.92 Å². The van der Waals surface area contributed by atoms with Gasteiger partial charge in [-0.25, -0.2) is 0 Å². The minimum atomic E-state index is -0.0382. The molecule has 0 saturated carbocycles. The van der Waals surface area contributed by atoms with Gasteiger partial charge in [0.1, 0.15) is 26.3 Å². The monoisotopic (exact) mass is 334 g/mol. The van der Waals surface area contributed by atoms with Crippen LogP contribution in [0.15, 0.2) is 24.3 Å². The minimum absolute atomic E-state index is 0.0382. The molecular weight excluding hydrogens is 310 g/mol. The summed E-state index contributed by atoms with van der Waals surface area (Å²) in [6, 6.07) is 5.74. The van der Waals surface area contributed by atoms with Crippen molar-refractivity contribution in [2.75, 3.05) is 46.1 Å². The molecule has 0 radical (unpaired) electrons. The smallest absolute Gasteiger partial charge is 0.293 e. The Balaban J connectivity index is 1.55. The minimum Gasteiger partial charge on any atom is -0.486 e. The van der Waals surface area contributed by atoms with Crippen LogP contribution < -0.4 is 25.2 Å². The van der Waals surface area contributed by atoms with Crippen LogP contribution in [0.5, 0.6) is 11.5 Å². The summed E-state index contributed by atoms with van der Waals surface area (Å²) in [5.74, 6) is 1.44. The van der Waals surface area contributed by atoms with Gasteiger partial charge in [-0.3, -0.25) is 15.6 Å². The standard InChI is InChI=1S/C17H23N3O4/c1-2-14(13-3-4-15-16(11-13)24-10-9-23-15)18-19-17(21)12-20-5-7-22-8-6-20/h2-4,11,18H,5-10,12H2,1H3,(H,19,21)/p+1. The maximum absolute atomic E-state index is 12.1. The van der Waals surface area contributed by atoms with E-state index in [0.29, 0.717) is 33.0 Å². The Hall–Kier alpha value is -2.25. The van der Waals surface area contributed by atoms with E-state index < -0.39 is 0 Å². The molecule has 2 heterocycles. The van der Waals surface area contributed by atoms with Crippen LogP contribution in [0.25, 0.3) is 5.70 Å². The van der Waals surface area contributed by atoms with Crippen molar-refractivity contribution < 1.29 is 23.9 Å². The first-order chi connectivity index (χ1) is 11.8. The number of rotatable bonds is 5. The van der Waals surface area contributed by atoms with Crippen molar-refractivity contribution in [3.63, 3.8) is 0 Å². The second-order valence-electron chi connectivity index (χ2n) is 5.77. The molecule has 3 rings (SSSR count). The number of hydrogen-bond acceptors (Lipinski definition) is 5. The van der Waals surface area contributed by atoms with Crippen molar-refractivity contribution in [1.82, 2.24) is 10.9 Å². The summed E-state index contributed by atoms with van der Waals surface area (Å²) in [6.07, 6.45) is 1.91. The zero-order chi connectivity index (χ0) is 16.8. The van der Waals surface area contributed by atoms with Crippen LogP contribution in [0, 0.1) is 0 Å². The van der Waals surface area contributed by atoms with E-state index >= 15 is 0 Å². The molecule has 3 N–H and O–H groups in total. The Morgan fingerprint density at radius 3 is 2.62 bits per heavy atom. The number of hydrazine groups is 1. The highest BCUT2D eigenvalue weighted by Gasteiger charge is 2.18. The highest BCUT2D eigenvalue weighted by Crippen LogP contribution is 2.32. The zero-order valence-corrected chi connectivity index (χ0v) is 13.9. The quantitative estimate of drug-likeness (QED) is 0.625. The van der Waals surface area contributed by atoms with Gasteiger partial charge < -0.3 is 19.1 Å². The van der Waals surface area contributed by atoms with E-state index in [1.807, 2.05) is 31.2 Å². The van der Waals surface area contributed by atoms with E-state index in [0.717, 1.165) is 35.8 Å². The molecule has 1 aromatic carbocycles. The summed E-state index contributed by atoms with van der Waals surface area (Å²) in [5, 5.41) is 0. The van der Waals surface area contributed by atoms with Gasteiger partial charge in [-0.1, -0.05) is 6.08 Å². The van der Waals surface area contributed by atoms with Crippen molar-refractivity contribution in [1.29, 1.82) is 0 Å². The Kier molecular flexibility index (Phi) is 5.55. The van der Waals surface area contributed by atoms with Crippen LogP contribution in [-0.4, -0.2) is 52.0 Å². The summed E-state index contributed by atoms with van der Waals surface area (Å²) >= 11 is 0. The Bertz CT molecular complexity index is 612. The average molecular weight is 334 g/mol. The van der Waals surface area contributed by atoms with Crippen molar-refractivity contribution in [2.24, 2.45) is 0 Å². The van der Waals surface area contributed by atoms with E-state index in [9.17, 15) is 4.79 Å². The van der Waals surface area contributed by atoms with Gasteiger partial charge in [0.25, 0.3) is 5.91 Å². The van der Waals surface area contributed by atoms with Gasteiger partial charge in [0.05, 0.1) is 18.9 Å². The highest BCUT2D eigenvalue weighted by molar-refractivity contribution is 5.78. The second-order valence-corrected chi connectivity index (χ2v) is 5.77. The van der Waals surface area contributed by atoms with E-state index in [1.165, 1.54) is 4.90 Å². The molecule has 0 bridgehead atoms. The molecule has 24 heavy (non-hydrogen) atoms. The van der Waals surface area contributed by atoms with Gasteiger partial charge in [-0.05, 0) is 25.1 Å². The second kappa shape index (κ2) is 8.03. The number of amides is 1. The van der Waals surface area contributed by atoms with E-state index in [2.05, 4.69) is 10.9 Å². The molecule has 1 saturated heterocycles. The average Bonchev–Trinajstić information content (AvgIpc) is 2.63. The number of benzene rings is 1. The largest absolute Gasteiger partial charge is 0.486 e. The third kappa shape index (κ3) is 4.18. The molecule has 7 nitrogen and oxygen atoms in total. The van der Waals surface area contributed by atoms with E-state index in [-0.39, 0.29) is 5.91 Å². The SMILES string of the molecule is CC=C(NNC(=O)C[NH+]1CCOCC1)c1ccc2c(c1)OCCO2. The number of ether oxygens (including phenoxy) is 3. The lowest BCUT2D eigenvalue weighted by Crippen LogP contribution is -3.15. The number of morpholine rings is 1. The Morgan fingerprint density at radius 1 is 1.12 bits per heavy atom. The highest BCUT2D eigenvalue weighted by atomic mass is 16.6. The number of carbonyl (C=O) groups is 1. The van der Waals surface area contributed by atoms with Gasteiger partial charge in [-0.2, -0.15) is 0 Å². The number of nitrogens with one attached hydrogen (secondary N) is 3. The zero-order valence-electron chi connectivity index (χ0n) is 13.9. The summed E-state index contributed by atoms with van der Waals surface area (Å²) < 4.78 is 16.4. The topological polar surface area (TPSA) is 73.3 Å². The fraction of sp³-hybridized carbons (Fsp3) is 0.471. The molecule has 0 unspecified atom stereocenters. The molecule has 1 fully saturated rings. The number of hydrogen-bond donors (Lipinski definition) is 3. The maximum atomic E-state index is 12.1. The first-order valence-electron chi connectivity index (χ1n) is 8.29. The number of fused-ring (bicyclic) bond motifs is 1. The fourth-order valence-electron chi connectivity index (χ4n) is 2.77. The van der Waals surface area contributed by atoms with Gasteiger partial charge in [0.15, 0.2) is 18.0 Å². The molecule has 130 valence electrons. The number of quaternary nitrogens is 1. The van der Waals surface area contributed by atoms with Gasteiger partial charge in [0, 0.05) is 5.56 Å². The van der Waals surface area contributed by atoms with Crippen LogP contribution in [0.2, 0.25) is 0 Å².